The number of carbonyl (C=O) groups excluding carboxylic acids is 1. The van der Waals surface area contributed by atoms with Crippen molar-refractivity contribution in [3.05, 3.63) is 70.3 Å². The van der Waals surface area contributed by atoms with Crippen LogP contribution in [0.3, 0.4) is 0 Å². The molecule has 3 heterocycles. The lowest BCUT2D eigenvalue weighted by Gasteiger charge is -2.11. The zero-order valence-electron chi connectivity index (χ0n) is 18.0. The highest BCUT2D eigenvalue weighted by Gasteiger charge is 2.18. The highest BCUT2D eigenvalue weighted by molar-refractivity contribution is 6.02. The van der Waals surface area contributed by atoms with Crippen LogP contribution in [0.15, 0.2) is 62.4 Å². The predicted octanol–water partition coefficient (Wildman–Crippen LogP) is 4.74. The van der Waals surface area contributed by atoms with E-state index in [1.807, 2.05) is 43.3 Å². The summed E-state index contributed by atoms with van der Waals surface area (Å²) in [5.41, 5.74) is 4.17. The summed E-state index contributed by atoms with van der Waals surface area (Å²) in [5.74, 6) is -0.0870. The van der Waals surface area contributed by atoms with Gasteiger partial charge in [-0.3, -0.25) is 4.79 Å². The molecule has 0 aliphatic carbocycles. The van der Waals surface area contributed by atoms with Crippen LogP contribution in [0.4, 0.5) is 0 Å². The summed E-state index contributed by atoms with van der Waals surface area (Å²) in [6, 6.07) is 13.8. The van der Waals surface area contributed by atoms with E-state index in [-0.39, 0.29) is 18.4 Å². The minimum atomic E-state index is -0.406. The highest BCUT2D eigenvalue weighted by Crippen LogP contribution is 2.34. The minimum absolute atomic E-state index is 0.0870. The van der Waals surface area contributed by atoms with Crippen molar-refractivity contribution in [2.24, 2.45) is 0 Å². The van der Waals surface area contributed by atoms with Crippen molar-refractivity contribution in [1.82, 2.24) is 5.32 Å². The number of aryl methyl sites for hydroxylation is 1. The number of carbonyl (C=O) groups is 1. The van der Waals surface area contributed by atoms with Crippen molar-refractivity contribution in [1.29, 1.82) is 0 Å². The third-order valence-corrected chi connectivity index (χ3v) is 6.22. The van der Waals surface area contributed by atoms with E-state index in [0.717, 1.165) is 46.9 Å². The molecule has 4 aromatic rings. The van der Waals surface area contributed by atoms with Crippen LogP contribution in [0.5, 0.6) is 0 Å². The van der Waals surface area contributed by atoms with Crippen LogP contribution in [-0.2, 0) is 16.0 Å². The lowest BCUT2D eigenvalue weighted by Crippen LogP contribution is -2.32. The summed E-state index contributed by atoms with van der Waals surface area (Å²) in [6.45, 7) is 3.19. The van der Waals surface area contributed by atoms with Gasteiger partial charge in [0.15, 0.2) is 0 Å². The number of fused-ring (bicyclic) bond motifs is 2. The van der Waals surface area contributed by atoms with E-state index in [1.54, 1.807) is 12.3 Å². The Morgan fingerprint density at radius 1 is 1.12 bits per heavy atom. The van der Waals surface area contributed by atoms with Gasteiger partial charge < -0.3 is 18.9 Å². The van der Waals surface area contributed by atoms with E-state index in [2.05, 4.69) is 5.32 Å². The first-order valence-electron chi connectivity index (χ1n) is 11.0. The van der Waals surface area contributed by atoms with Crippen molar-refractivity contribution in [3.63, 3.8) is 0 Å². The quantitative estimate of drug-likeness (QED) is 0.446. The molecule has 1 aliphatic heterocycles. The molecular weight excluding hydrogens is 406 g/mol. The summed E-state index contributed by atoms with van der Waals surface area (Å²) >= 11 is 0. The van der Waals surface area contributed by atoms with E-state index in [9.17, 15) is 9.59 Å². The number of hydrogen-bond acceptors (Lipinski definition) is 5. The van der Waals surface area contributed by atoms with E-state index < -0.39 is 5.63 Å². The van der Waals surface area contributed by atoms with Gasteiger partial charge >= 0.3 is 5.63 Å². The number of nitrogens with one attached hydrogen (secondary N) is 1. The summed E-state index contributed by atoms with van der Waals surface area (Å²) in [4.78, 5) is 24.9. The molecule has 32 heavy (non-hydrogen) atoms. The third-order valence-electron chi connectivity index (χ3n) is 6.22. The van der Waals surface area contributed by atoms with Gasteiger partial charge in [0, 0.05) is 47.5 Å². The van der Waals surface area contributed by atoms with Crippen LogP contribution in [0, 0.1) is 6.92 Å². The molecule has 1 saturated heterocycles. The zero-order valence-corrected chi connectivity index (χ0v) is 18.0. The summed E-state index contributed by atoms with van der Waals surface area (Å²) in [5, 5.41) is 4.72. The molecule has 0 saturated carbocycles. The van der Waals surface area contributed by atoms with Gasteiger partial charge in [0.25, 0.3) is 0 Å². The minimum Gasteiger partial charge on any atom is -0.464 e. The van der Waals surface area contributed by atoms with Crippen LogP contribution >= 0.6 is 0 Å². The first kappa shape index (κ1) is 20.5. The Kier molecular flexibility index (Phi) is 5.53. The first-order valence-corrected chi connectivity index (χ1v) is 11.0. The summed E-state index contributed by atoms with van der Waals surface area (Å²) in [6.07, 6.45) is 4.40. The molecule has 6 nitrogen and oxygen atoms in total. The molecule has 1 fully saturated rings. The van der Waals surface area contributed by atoms with Crippen LogP contribution in [0.2, 0.25) is 0 Å². The molecule has 2 aromatic carbocycles. The number of furan rings is 1. The number of benzene rings is 2. The maximum atomic E-state index is 12.6. The smallest absolute Gasteiger partial charge is 0.339 e. The molecule has 0 radical (unpaired) electrons. The Balaban J connectivity index is 1.42. The van der Waals surface area contributed by atoms with Gasteiger partial charge in [-0.1, -0.05) is 30.3 Å². The normalized spacial score (nSPS) is 16.1. The van der Waals surface area contributed by atoms with Gasteiger partial charge in [0.1, 0.15) is 11.2 Å². The maximum Gasteiger partial charge on any atom is 0.339 e. The molecule has 2 aromatic heterocycles. The van der Waals surface area contributed by atoms with Crippen LogP contribution in [0.25, 0.3) is 33.1 Å². The lowest BCUT2D eigenvalue weighted by atomic mass is 9.99. The fraction of sp³-hybridized carbons (Fsp3) is 0.308. The van der Waals surface area contributed by atoms with Gasteiger partial charge in [0.2, 0.25) is 5.91 Å². The van der Waals surface area contributed by atoms with Crippen molar-refractivity contribution in [3.8, 4) is 11.1 Å². The molecule has 1 amide bonds. The standard InChI is InChI=1S/C26H25NO5/c1-16-19(9-10-25(28)27-14-18-8-5-11-30-18)26(29)32-24-13-23-21(12-20(16)24)22(15-31-23)17-6-3-2-4-7-17/h2-4,6-7,12-13,15,18H,5,8-11,14H2,1H3,(H,27,28)/t18-/m1/s1. The first-order chi connectivity index (χ1) is 15.6. The average Bonchev–Trinajstić information content (AvgIpc) is 3.47. The zero-order chi connectivity index (χ0) is 22.1. The van der Waals surface area contributed by atoms with Crippen molar-refractivity contribution in [2.45, 2.75) is 38.7 Å². The molecule has 1 atom stereocenters. The van der Waals surface area contributed by atoms with E-state index in [0.29, 0.717) is 29.7 Å². The molecular formula is C26H25NO5. The van der Waals surface area contributed by atoms with Gasteiger partial charge in [-0.25, -0.2) is 4.79 Å². The van der Waals surface area contributed by atoms with Gasteiger partial charge in [-0.05, 0) is 43.4 Å². The topological polar surface area (TPSA) is 81.7 Å². The van der Waals surface area contributed by atoms with Crippen LogP contribution < -0.4 is 10.9 Å². The SMILES string of the molecule is Cc1c(CCC(=O)NC[C@H]2CCCO2)c(=O)oc2cc3occ(-c4ccccc4)c3cc12. The number of rotatable bonds is 6. The Morgan fingerprint density at radius 3 is 2.75 bits per heavy atom. The molecule has 0 spiro atoms. The average molecular weight is 431 g/mol. The van der Waals surface area contributed by atoms with E-state index >= 15 is 0 Å². The van der Waals surface area contributed by atoms with Crippen molar-refractivity contribution < 1.29 is 18.4 Å². The predicted molar refractivity (Wildman–Crippen MR) is 123 cm³/mol. The van der Waals surface area contributed by atoms with Crippen molar-refractivity contribution in [2.75, 3.05) is 13.2 Å². The summed E-state index contributed by atoms with van der Waals surface area (Å²) in [7, 11) is 0. The Labute approximate surface area is 185 Å². The Morgan fingerprint density at radius 2 is 1.97 bits per heavy atom. The fourth-order valence-electron chi connectivity index (χ4n) is 4.40. The molecule has 0 unspecified atom stereocenters. The van der Waals surface area contributed by atoms with E-state index in [4.69, 9.17) is 13.6 Å². The molecule has 164 valence electrons. The second-order valence-corrected chi connectivity index (χ2v) is 8.29. The van der Waals surface area contributed by atoms with Gasteiger partial charge in [-0.2, -0.15) is 0 Å². The largest absolute Gasteiger partial charge is 0.464 e. The highest BCUT2D eigenvalue weighted by atomic mass is 16.5. The third kappa shape index (κ3) is 3.94. The lowest BCUT2D eigenvalue weighted by molar-refractivity contribution is -0.121. The monoisotopic (exact) mass is 431 g/mol. The fourth-order valence-corrected chi connectivity index (χ4v) is 4.40. The van der Waals surface area contributed by atoms with Crippen molar-refractivity contribution >= 4 is 27.8 Å². The Hall–Kier alpha value is -3.38. The molecule has 1 aliphatic rings. The maximum absolute atomic E-state index is 12.6. The second-order valence-electron chi connectivity index (χ2n) is 8.29. The number of amides is 1. The number of hydrogen-bond donors (Lipinski definition) is 1. The number of ether oxygens (including phenoxy) is 1. The molecule has 0 bridgehead atoms. The summed E-state index contributed by atoms with van der Waals surface area (Å²) < 4.78 is 16.9. The van der Waals surface area contributed by atoms with Crippen LogP contribution in [-0.4, -0.2) is 25.2 Å². The molecule has 1 N–H and O–H groups in total. The van der Waals surface area contributed by atoms with Crippen LogP contribution in [0.1, 0.15) is 30.4 Å². The molecule has 5 rings (SSSR count). The van der Waals surface area contributed by atoms with Gasteiger partial charge in [-0.15, -0.1) is 0 Å². The Bertz CT molecular complexity index is 1330. The van der Waals surface area contributed by atoms with E-state index in [1.165, 1.54) is 0 Å². The second kappa shape index (κ2) is 8.63. The van der Waals surface area contributed by atoms with Gasteiger partial charge in [0.05, 0.1) is 12.4 Å². The molecule has 6 heteroatoms.